The largest absolute Gasteiger partial charge is 0.476 e. The van der Waals surface area contributed by atoms with E-state index in [9.17, 15) is 4.79 Å². The summed E-state index contributed by atoms with van der Waals surface area (Å²) in [5, 5.41) is 8.89. The molecule has 0 unspecified atom stereocenters. The first-order valence-corrected chi connectivity index (χ1v) is 4.67. The van der Waals surface area contributed by atoms with Crippen molar-refractivity contribution in [2.45, 2.75) is 5.75 Å². The third-order valence-electron chi connectivity index (χ3n) is 1.97. The van der Waals surface area contributed by atoms with E-state index in [-0.39, 0.29) is 5.69 Å². The molecule has 2 heterocycles. The summed E-state index contributed by atoms with van der Waals surface area (Å²) in [6.07, 6.45) is 1.78. The van der Waals surface area contributed by atoms with Gasteiger partial charge in [-0.05, 0) is 12.1 Å². The number of thiol groups is 1. The van der Waals surface area contributed by atoms with Gasteiger partial charge in [-0.3, -0.25) is 0 Å². The zero-order valence-electron chi connectivity index (χ0n) is 7.21. The van der Waals surface area contributed by atoms with Gasteiger partial charge in [0.15, 0.2) is 5.69 Å². The van der Waals surface area contributed by atoms with Gasteiger partial charge in [0.25, 0.3) is 0 Å². The minimum Gasteiger partial charge on any atom is -0.476 e. The van der Waals surface area contributed by atoms with Crippen LogP contribution >= 0.6 is 12.6 Å². The van der Waals surface area contributed by atoms with Crippen molar-refractivity contribution in [1.82, 2.24) is 9.38 Å². The molecule has 0 aromatic carbocycles. The molecule has 0 fully saturated rings. The number of carboxylic acids is 1. The maximum absolute atomic E-state index is 10.8. The molecule has 0 aliphatic rings. The van der Waals surface area contributed by atoms with E-state index >= 15 is 0 Å². The van der Waals surface area contributed by atoms with Gasteiger partial charge >= 0.3 is 5.97 Å². The molecule has 0 atom stereocenters. The minimum atomic E-state index is -1.01. The molecule has 0 spiro atoms. The molecule has 2 aromatic heterocycles. The lowest BCUT2D eigenvalue weighted by Gasteiger charge is -1.95. The lowest BCUT2D eigenvalue weighted by molar-refractivity contribution is 0.0693. The van der Waals surface area contributed by atoms with Crippen LogP contribution in [0, 0.1) is 0 Å². The Morgan fingerprint density at radius 3 is 3.00 bits per heavy atom. The van der Waals surface area contributed by atoms with Crippen LogP contribution in [0.4, 0.5) is 0 Å². The molecule has 0 amide bonds. The Balaban J connectivity index is 2.80. The summed E-state index contributed by atoms with van der Waals surface area (Å²) < 4.78 is 1.73. The van der Waals surface area contributed by atoms with E-state index in [1.54, 1.807) is 22.7 Å². The number of carboxylic acid groups (broad SMARTS) is 1. The number of fused-ring (bicyclic) bond motifs is 1. The molecule has 1 N–H and O–H groups in total. The molecule has 0 aliphatic carbocycles. The fraction of sp³-hybridized carbons (Fsp3) is 0.111. The van der Waals surface area contributed by atoms with Crippen LogP contribution in [0.2, 0.25) is 0 Å². The van der Waals surface area contributed by atoms with Crippen molar-refractivity contribution in [1.29, 1.82) is 0 Å². The van der Waals surface area contributed by atoms with Crippen LogP contribution in [-0.4, -0.2) is 20.5 Å². The lowest BCUT2D eigenvalue weighted by atomic mass is 10.3. The Morgan fingerprint density at radius 1 is 1.57 bits per heavy atom. The van der Waals surface area contributed by atoms with Crippen LogP contribution in [0.15, 0.2) is 24.4 Å². The zero-order chi connectivity index (χ0) is 10.1. The number of aromatic carboxylic acids is 1. The van der Waals surface area contributed by atoms with Crippen molar-refractivity contribution in [3.8, 4) is 0 Å². The van der Waals surface area contributed by atoms with Crippen LogP contribution in [-0.2, 0) is 5.75 Å². The number of imidazole rings is 1. The van der Waals surface area contributed by atoms with Crippen LogP contribution in [0.1, 0.15) is 16.3 Å². The SMILES string of the molecule is O=C(O)c1nc(CS)n2ccccc12. The Morgan fingerprint density at radius 2 is 2.36 bits per heavy atom. The van der Waals surface area contributed by atoms with E-state index in [1.807, 2.05) is 6.07 Å². The van der Waals surface area contributed by atoms with Gasteiger partial charge in [-0.2, -0.15) is 12.6 Å². The van der Waals surface area contributed by atoms with Gasteiger partial charge in [-0.1, -0.05) is 6.07 Å². The molecule has 2 rings (SSSR count). The summed E-state index contributed by atoms with van der Waals surface area (Å²) in [7, 11) is 0. The van der Waals surface area contributed by atoms with E-state index < -0.39 is 5.97 Å². The summed E-state index contributed by atoms with van der Waals surface area (Å²) in [4.78, 5) is 14.8. The summed E-state index contributed by atoms with van der Waals surface area (Å²) in [6, 6.07) is 5.34. The molecular formula is C9H8N2O2S. The average molecular weight is 208 g/mol. The van der Waals surface area contributed by atoms with Crippen LogP contribution in [0.3, 0.4) is 0 Å². The van der Waals surface area contributed by atoms with E-state index in [1.165, 1.54) is 0 Å². The molecule has 4 nitrogen and oxygen atoms in total. The van der Waals surface area contributed by atoms with E-state index in [0.29, 0.717) is 17.1 Å². The Bertz CT molecular complexity index is 493. The van der Waals surface area contributed by atoms with E-state index in [0.717, 1.165) is 0 Å². The van der Waals surface area contributed by atoms with Gasteiger partial charge in [-0.15, -0.1) is 0 Å². The predicted octanol–water partition coefficient (Wildman–Crippen LogP) is 1.46. The first kappa shape index (κ1) is 9.08. The number of hydrogen-bond donors (Lipinski definition) is 2. The molecule has 0 radical (unpaired) electrons. The van der Waals surface area contributed by atoms with E-state index in [4.69, 9.17) is 5.11 Å². The van der Waals surface area contributed by atoms with Crippen molar-refractivity contribution >= 4 is 24.1 Å². The number of nitrogens with zero attached hydrogens (tertiary/aromatic N) is 2. The Hall–Kier alpha value is -1.49. The van der Waals surface area contributed by atoms with Crippen molar-refractivity contribution in [3.05, 3.63) is 35.9 Å². The summed E-state index contributed by atoms with van der Waals surface area (Å²) in [5.74, 6) is 0.0430. The third kappa shape index (κ3) is 1.26. The predicted molar refractivity (Wildman–Crippen MR) is 54.8 cm³/mol. The van der Waals surface area contributed by atoms with Gasteiger partial charge in [0, 0.05) is 11.9 Å². The number of hydrogen-bond acceptors (Lipinski definition) is 3. The highest BCUT2D eigenvalue weighted by Gasteiger charge is 2.14. The molecule has 0 saturated heterocycles. The van der Waals surface area contributed by atoms with Crippen LogP contribution in [0.25, 0.3) is 5.52 Å². The Kier molecular flexibility index (Phi) is 2.17. The second-order valence-electron chi connectivity index (χ2n) is 2.80. The molecular weight excluding hydrogens is 200 g/mol. The van der Waals surface area contributed by atoms with Gasteiger partial charge in [-0.25, -0.2) is 9.78 Å². The second kappa shape index (κ2) is 3.34. The maximum atomic E-state index is 10.8. The van der Waals surface area contributed by atoms with Gasteiger partial charge < -0.3 is 9.51 Å². The number of carbonyl (C=O) groups is 1. The topological polar surface area (TPSA) is 54.6 Å². The maximum Gasteiger partial charge on any atom is 0.356 e. The molecule has 72 valence electrons. The highest BCUT2D eigenvalue weighted by molar-refractivity contribution is 7.79. The van der Waals surface area contributed by atoms with Gasteiger partial charge in [0.05, 0.1) is 5.52 Å². The lowest BCUT2D eigenvalue weighted by Crippen LogP contribution is -1.97. The normalized spacial score (nSPS) is 10.6. The molecule has 5 heteroatoms. The summed E-state index contributed by atoms with van der Waals surface area (Å²) in [6.45, 7) is 0. The van der Waals surface area contributed by atoms with Crippen LogP contribution < -0.4 is 0 Å². The number of rotatable bonds is 2. The molecule has 2 aromatic rings. The van der Waals surface area contributed by atoms with Crippen molar-refractivity contribution < 1.29 is 9.90 Å². The number of aromatic nitrogens is 2. The monoisotopic (exact) mass is 208 g/mol. The standard InChI is InChI=1S/C9H8N2O2S/c12-9(13)8-6-3-1-2-4-11(6)7(5-14)10-8/h1-4,14H,5H2,(H,12,13). The average Bonchev–Trinajstić information content (AvgIpc) is 2.56. The molecule has 0 aliphatic heterocycles. The minimum absolute atomic E-state index is 0.0784. The second-order valence-corrected chi connectivity index (χ2v) is 3.11. The van der Waals surface area contributed by atoms with E-state index in [2.05, 4.69) is 17.6 Å². The molecule has 0 bridgehead atoms. The quantitative estimate of drug-likeness (QED) is 0.735. The van der Waals surface area contributed by atoms with Gasteiger partial charge in [0.1, 0.15) is 5.82 Å². The smallest absolute Gasteiger partial charge is 0.356 e. The first-order valence-electron chi connectivity index (χ1n) is 4.04. The van der Waals surface area contributed by atoms with Crippen molar-refractivity contribution in [2.24, 2.45) is 0 Å². The summed E-state index contributed by atoms with van der Waals surface area (Å²) >= 11 is 4.09. The van der Waals surface area contributed by atoms with Crippen LogP contribution in [0.5, 0.6) is 0 Å². The third-order valence-corrected chi connectivity index (χ3v) is 2.25. The first-order chi connectivity index (χ1) is 6.74. The zero-order valence-corrected chi connectivity index (χ0v) is 8.11. The molecule has 14 heavy (non-hydrogen) atoms. The van der Waals surface area contributed by atoms with Gasteiger partial charge in [0.2, 0.25) is 0 Å². The van der Waals surface area contributed by atoms with Crippen molar-refractivity contribution in [2.75, 3.05) is 0 Å². The highest BCUT2D eigenvalue weighted by atomic mass is 32.1. The molecule has 0 saturated carbocycles. The fourth-order valence-corrected chi connectivity index (χ4v) is 1.59. The van der Waals surface area contributed by atoms with Crippen molar-refractivity contribution in [3.63, 3.8) is 0 Å². The summed E-state index contributed by atoms with van der Waals surface area (Å²) in [5.41, 5.74) is 0.679. The fourth-order valence-electron chi connectivity index (χ4n) is 1.37. The number of pyridine rings is 1. The highest BCUT2D eigenvalue weighted by Crippen LogP contribution is 2.14. The Labute approximate surface area is 85.6 Å².